The largest absolute Gasteiger partial charge is 0.508 e. The van der Waals surface area contributed by atoms with Crippen molar-refractivity contribution in [1.82, 2.24) is 0 Å². The van der Waals surface area contributed by atoms with Gasteiger partial charge in [0.1, 0.15) is 11.8 Å². The van der Waals surface area contributed by atoms with Crippen LogP contribution < -0.4 is 0 Å². The first-order valence-corrected chi connectivity index (χ1v) is 3.50. The summed E-state index contributed by atoms with van der Waals surface area (Å²) in [4.78, 5) is 11.0. The van der Waals surface area contributed by atoms with E-state index in [9.17, 15) is 4.79 Å². The van der Waals surface area contributed by atoms with Crippen LogP contribution in [0, 0.1) is 11.3 Å². The second-order valence-electron chi connectivity index (χ2n) is 2.33. The summed E-state index contributed by atoms with van der Waals surface area (Å²) in [6, 6.07) is 5.68. The highest BCUT2D eigenvalue weighted by Crippen LogP contribution is 2.16. The van der Waals surface area contributed by atoms with Gasteiger partial charge in [0.15, 0.2) is 0 Å². The number of phenolic OH excluding ortho intramolecular Hbond substituents is 1. The lowest BCUT2D eigenvalue weighted by atomic mass is 10.1. The third-order valence-corrected chi connectivity index (χ3v) is 1.53. The quantitative estimate of drug-likeness (QED) is 0.651. The average molecular weight is 177 g/mol. The number of carbonyl (C=O) groups is 1. The minimum atomic E-state index is -0.587. The number of phenols is 1. The van der Waals surface area contributed by atoms with Gasteiger partial charge in [0, 0.05) is 0 Å². The Hall–Kier alpha value is -2.02. The number of methoxy groups -OCH3 is 1. The normalized spacial score (nSPS) is 8.92. The van der Waals surface area contributed by atoms with Gasteiger partial charge in [-0.15, -0.1) is 0 Å². The van der Waals surface area contributed by atoms with Gasteiger partial charge in [0.25, 0.3) is 0 Å². The number of aromatic hydroxyl groups is 1. The number of rotatable bonds is 1. The number of hydrogen-bond donors (Lipinski definition) is 1. The van der Waals surface area contributed by atoms with Crippen molar-refractivity contribution in [2.45, 2.75) is 0 Å². The molecule has 13 heavy (non-hydrogen) atoms. The van der Waals surface area contributed by atoms with E-state index < -0.39 is 5.97 Å². The van der Waals surface area contributed by atoms with Crippen molar-refractivity contribution in [1.29, 1.82) is 5.26 Å². The highest BCUT2D eigenvalue weighted by molar-refractivity contribution is 5.92. The Balaban J connectivity index is 3.23. The molecular formula is C9H7NO3. The Morgan fingerprint density at radius 2 is 2.31 bits per heavy atom. The summed E-state index contributed by atoms with van der Waals surface area (Å²) in [5.74, 6) is -0.638. The van der Waals surface area contributed by atoms with E-state index in [1.54, 1.807) is 6.07 Å². The van der Waals surface area contributed by atoms with E-state index in [1.165, 1.54) is 25.3 Å². The fraction of sp³-hybridized carbons (Fsp3) is 0.111. The van der Waals surface area contributed by atoms with E-state index in [0.717, 1.165) is 0 Å². The van der Waals surface area contributed by atoms with Gasteiger partial charge in [-0.25, -0.2) is 4.79 Å². The molecular weight excluding hydrogens is 170 g/mol. The van der Waals surface area contributed by atoms with Crippen LogP contribution in [0.2, 0.25) is 0 Å². The molecule has 1 N–H and O–H groups in total. The number of carbonyl (C=O) groups excluding carboxylic acids is 1. The fourth-order valence-electron chi connectivity index (χ4n) is 0.913. The summed E-state index contributed by atoms with van der Waals surface area (Å²) in [7, 11) is 1.23. The second-order valence-corrected chi connectivity index (χ2v) is 2.33. The van der Waals surface area contributed by atoms with E-state index >= 15 is 0 Å². The molecule has 0 saturated carbocycles. The lowest BCUT2D eigenvalue weighted by Crippen LogP contribution is -2.03. The maximum absolute atomic E-state index is 11.0. The van der Waals surface area contributed by atoms with Crippen LogP contribution in [-0.2, 0) is 4.74 Å². The molecule has 0 fully saturated rings. The lowest BCUT2D eigenvalue weighted by molar-refractivity contribution is 0.0600. The van der Waals surface area contributed by atoms with Crippen molar-refractivity contribution in [3.63, 3.8) is 0 Å². The van der Waals surface area contributed by atoms with Gasteiger partial charge in [0.05, 0.1) is 18.2 Å². The van der Waals surface area contributed by atoms with Crippen LogP contribution in [0.1, 0.15) is 15.9 Å². The Kier molecular flexibility index (Phi) is 2.50. The summed E-state index contributed by atoms with van der Waals surface area (Å²) < 4.78 is 4.45. The molecule has 66 valence electrons. The Morgan fingerprint density at radius 3 is 2.85 bits per heavy atom. The number of nitriles is 1. The molecule has 4 heteroatoms. The second kappa shape index (κ2) is 3.59. The Bertz CT molecular complexity index is 379. The molecule has 1 aromatic carbocycles. The number of ether oxygens (including phenoxy) is 1. The number of benzene rings is 1. The molecule has 0 unspecified atom stereocenters. The number of hydrogen-bond acceptors (Lipinski definition) is 4. The van der Waals surface area contributed by atoms with Crippen molar-refractivity contribution in [3.05, 3.63) is 29.3 Å². The highest BCUT2D eigenvalue weighted by Gasteiger charge is 2.11. The minimum absolute atomic E-state index is 0.0517. The van der Waals surface area contributed by atoms with Gasteiger partial charge in [0.2, 0.25) is 0 Å². The maximum Gasteiger partial charge on any atom is 0.339 e. The third-order valence-electron chi connectivity index (χ3n) is 1.53. The zero-order valence-electron chi connectivity index (χ0n) is 6.94. The van der Waals surface area contributed by atoms with Gasteiger partial charge in [-0.1, -0.05) is 0 Å². The first kappa shape index (κ1) is 9.07. The van der Waals surface area contributed by atoms with Crippen molar-refractivity contribution < 1.29 is 14.6 Å². The van der Waals surface area contributed by atoms with Crippen LogP contribution in [0.25, 0.3) is 0 Å². The molecule has 0 aromatic heterocycles. The van der Waals surface area contributed by atoms with Crippen LogP contribution in [0.5, 0.6) is 5.75 Å². The minimum Gasteiger partial charge on any atom is -0.508 e. The zero-order chi connectivity index (χ0) is 9.84. The molecule has 1 rings (SSSR count). The zero-order valence-corrected chi connectivity index (χ0v) is 6.94. The average Bonchev–Trinajstić information content (AvgIpc) is 2.16. The predicted octanol–water partition coefficient (Wildman–Crippen LogP) is 1.05. The molecule has 0 atom stereocenters. The van der Waals surface area contributed by atoms with E-state index in [2.05, 4.69) is 4.74 Å². The van der Waals surface area contributed by atoms with Crippen LogP contribution in [0.3, 0.4) is 0 Å². The third kappa shape index (κ3) is 1.76. The Labute approximate surface area is 75.0 Å². The molecule has 0 spiro atoms. The molecule has 0 heterocycles. The van der Waals surface area contributed by atoms with Gasteiger partial charge < -0.3 is 9.84 Å². The van der Waals surface area contributed by atoms with Crippen LogP contribution >= 0.6 is 0 Å². The fourth-order valence-corrected chi connectivity index (χ4v) is 0.913. The monoisotopic (exact) mass is 177 g/mol. The SMILES string of the molecule is COC(=O)c1ccc(O)cc1C#N. The van der Waals surface area contributed by atoms with Crippen molar-refractivity contribution in [3.8, 4) is 11.8 Å². The first-order chi connectivity index (χ1) is 6.19. The Morgan fingerprint density at radius 1 is 1.62 bits per heavy atom. The summed E-state index contributed by atoms with van der Waals surface area (Å²) in [6.07, 6.45) is 0. The van der Waals surface area contributed by atoms with E-state index in [1.807, 2.05) is 0 Å². The van der Waals surface area contributed by atoms with E-state index in [4.69, 9.17) is 10.4 Å². The van der Waals surface area contributed by atoms with Gasteiger partial charge in [-0.3, -0.25) is 0 Å². The summed E-state index contributed by atoms with van der Waals surface area (Å²) in [6.45, 7) is 0. The topological polar surface area (TPSA) is 70.3 Å². The van der Waals surface area contributed by atoms with Crippen molar-refractivity contribution >= 4 is 5.97 Å². The summed E-state index contributed by atoms with van der Waals surface area (Å²) >= 11 is 0. The molecule has 0 aliphatic rings. The van der Waals surface area contributed by atoms with Crippen LogP contribution in [0.4, 0.5) is 0 Å². The molecule has 4 nitrogen and oxygen atoms in total. The van der Waals surface area contributed by atoms with E-state index in [0.29, 0.717) is 0 Å². The smallest absolute Gasteiger partial charge is 0.339 e. The molecule has 0 bridgehead atoms. The highest BCUT2D eigenvalue weighted by atomic mass is 16.5. The number of nitrogens with zero attached hydrogens (tertiary/aromatic N) is 1. The molecule has 0 radical (unpaired) electrons. The standard InChI is InChI=1S/C9H7NO3/c1-13-9(12)8-3-2-7(11)4-6(8)5-10/h2-4,11H,1H3. The molecule has 0 aliphatic carbocycles. The summed E-state index contributed by atoms with van der Waals surface area (Å²) in [5.41, 5.74) is 0.259. The van der Waals surface area contributed by atoms with Gasteiger partial charge in [-0.2, -0.15) is 5.26 Å². The van der Waals surface area contributed by atoms with E-state index in [-0.39, 0.29) is 16.9 Å². The molecule has 0 saturated heterocycles. The van der Waals surface area contributed by atoms with Gasteiger partial charge >= 0.3 is 5.97 Å². The first-order valence-electron chi connectivity index (χ1n) is 3.50. The summed E-state index contributed by atoms with van der Waals surface area (Å²) in [5, 5.41) is 17.6. The van der Waals surface area contributed by atoms with Crippen LogP contribution in [-0.4, -0.2) is 18.2 Å². The maximum atomic E-state index is 11.0. The number of esters is 1. The van der Waals surface area contributed by atoms with Crippen molar-refractivity contribution in [2.75, 3.05) is 7.11 Å². The predicted molar refractivity (Wildman–Crippen MR) is 44.2 cm³/mol. The van der Waals surface area contributed by atoms with Gasteiger partial charge in [-0.05, 0) is 18.2 Å². The molecule has 0 aliphatic heterocycles. The molecule has 1 aromatic rings. The van der Waals surface area contributed by atoms with Crippen molar-refractivity contribution in [2.24, 2.45) is 0 Å². The van der Waals surface area contributed by atoms with Crippen LogP contribution in [0.15, 0.2) is 18.2 Å². The lowest BCUT2D eigenvalue weighted by Gasteiger charge is -2.01. The molecule has 0 amide bonds.